The molecule has 0 heterocycles. The summed E-state index contributed by atoms with van der Waals surface area (Å²) in [6, 6.07) is 0. The smallest absolute Gasteiger partial charge is 0.246 e. The number of ketones is 1. The summed E-state index contributed by atoms with van der Waals surface area (Å²) in [5, 5.41) is 0. The molecule has 0 amide bonds. The summed E-state index contributed by atoms with van der Waals surface area (Å²) in [6.45, 7) is 17.4. The third kappa shape index (κ3) is 5.50. The second kappa shape index (κ2) is 9.75. The van der Waals surface area contributed by atoms with Gasteiger partial charge in [-0.25, -0.2) is 4.89 Å². The van der Waals surface area contributed by atoms with Crippen molar-refractivity contribution < 1.29 is 14.3 Å². The molecule has 0 aliphatic carbocycles. The van der Waals surface area contributed by atoms with Crippen molar-refractivity contribution >= 4 is 14.1 Å². The van der Waals surface area contributed by atoms with Crippen molar-refractivity contribution in [1.29, 1.82) is 0 Å². The van der Waals surface area contributed by atoms with Gasteiger partial charge in [-0.2, -0.15) is 0 Å². The normalized spacial score (nSPS) is 14.2. The Kier molecular flexibility index (Phi) is 9.66. The zero-order chi connectivity index (χ0) is 16.6. The lowest BCUT2D eigenvalue weighted by Gasteiger charge is -2.40. The van der Waals surface area contributed by atoms with Gasteiger partial charge in [0.15, 0.2) is 5.78 Å². The molecule has 0 aromatic rings. The number of rotatable bonds is 11. The molecule has 0 saturated carbocycles. The van der Waals surface area contributed by atoms with Crippen molar-refractivity contribution in [3.05, 3.63) is 0 Å². The molecule has 0 N–H and O–H groups in total. The van der Waals surface area contributed by atoms with E-state index in [4.69, 9.17) is 9.46 Å². The van der Waals surface area contributed by atoms with Crippen molar-refractivity contribution in [2.75, 3.05) is 0 Å². The van der Waals surface area contributed by atoms with Gasteiger partial charge in [0.2, 0.25) is 8.32 Å². The molecule has 3 nitrogen and oxygen atoms in total. The number of hydrogen-bond acceptors (Lipinski definition) is 3. The molecule has 0 bridgehead atoms. The molecule has 0 radical (unpaired) electrons. The number of carbonyl (C=O) groups excluding carboxylic acids is 1. The molecular formula is C17H36O3Si. The van der Waals surface area contributed by atoms with Gasteiger partial charge in [-0.15, -0.1) is 0 Å². The van der Waals surface area contributed by atoms with Gasteiger partial charge in [0.05, 0.1) is 0 Å². The van der Waals surface area contributed by atoms with E-state index in [-0.39, 0.29) is 5.78 Å². The van der Waals surface area contributed by atoms with Gasteiger partial charge < -0.3 is 0 Å². The third-order valence-electron chi connectivity index (χ3n) is 4.42. The Morgan fingerprint density at radius 3 is 1.71 bits per heavy atom. The van der Waals surface area contributed by atoms with E-state index in [1.807, 2.05) is 6.92 Å². The fourth-order valence-electron chi connectivity index (χ4n) is 3.36. The lowest BCUT2D eigenvalue weighted by atomic mass is 10.1. The first-order valence-electron chi connectivity index (χ1n) is 8.61. The Morgan fingerprint density at radius 1 is 0.905 bits per heavy atom. The highest BCUT2D eigenvalue weighted by Crippen LogP contribution is 2.42. The standard InChI is InChI=1S/C17H36O3Si/c1-9-11-16(18)17(12-10-2)19-20-21(13(3)4,14(5)6)15(7)8/h13-15,17H,9-12H2,1-8H3. The van der Waals surface area contributed by atoms with Crippen molar-refractivity contribution in [1.82, 2.24) is 0 Å². The van der Waals surface area contributed by atoms with E-state index >= 15 is 0 Å². The van der Waals surface area contributed by atoms with E-state index < -0.39 is 14.4 Å². The molecule has 0 rings (SSSR count). The maximum Gasteiger partial charge on any atom is 0.246 e. The molecule has 1 unspecified atom stereocenters. The first kappa shape index (κ1) is 20.8. The van der Waals surface area contributed by atoms with Crippen LogP contribution < -0.4 is 0 Å². The fourth-order valence-corrected chi connectivity index (χ4v) is 8.22. The molecular weight excluding hydrogens is 280 g/mol. The van der Waals surface area contributed by atoms with E-state index in [0.29, 0.717) is 23.0 Å². The molecule has 0 aromatic carbocycles. The van der Waals surface area contributed by atoms with Gasteiger partial charge in [-0.05, 0) is 29.5 Å². The van der Waals surface area contributed by atoms with Gasteiger partial charge >= 0.3 is 0 Å². The maximum atomic E-state index is 12.2. The largest absolute Gasteiger partial charge is 0.297 e. The zero-order valence-electron chi connectivity index (χ0n) is 15.4. The highest BCUT2D eigenvalue weighted by atomic mass is 28.4. The average Bonchev–Trinajstić information content (AvgIpc) is 2.37. The Morgan fingerprint density at radius 2 is 1.38 bits per heavy atom. The van der Waals surface area contributed by atoms with E-state index in [9.17, 15) is 4.79 Å². The van der Waals surface area contributed by atoms with Crippen LogP contribution in [0.3, 0.4) is 0 Å². The number of Topliss-reactive ketones (excluding diaryl/α,β-unsaturated/α-hetero) is 1. The average molecular weight is 317 g/mol. The topological polar surface area (TPSA) is 35.5 Å². The first-order valence-corrected chi connectivity index (χ1v) is 10.7. The van der Waals surface area contributed by atoms with Crippen LogP contribution in [0.2, 0.25) is 16.6 Å². The second-order valence-corrected chi connectivity index (χ2v) is 12.3. The van der Waals surface area contributed by atoms with Crippen LogP contribution in [-0.4, -0.2) is 20.2 Å². The molecule has 1 atom stereocenters. The van der Waals surface area contributed by atoms with Crippen molar-refractivity contribution in [3.8, 4) is 0 Å². The molecule has 126 valence electrons. The monoisotopic (exact) mass is 316 g/mol. The minimum absolute atomic E-state index is 0.179. The van der Waals surface area contributed by atoms with Crippen molar-refractivity contribution in [2.24, 2.45) is 0 Å². The van der Waals surface area contributed by atoms with Crippen LogP contribution in [0.25, 0.3) is 0 Å². The van der Waals surface area contributed by atoms with Crippen LogP contribution in [0.4, 0.5) is 0 Å². The summed E-state index contributed by atoms with van der Waals surface area (Å²) < 4.78 is 6.11. The lowest BCUT2D eigenvalue weighted by molar-refractivity contribution is -0.255. The molecule has 0 fully saturated rings. The molecule has 0 aromatic heterocycles. The maximum absolute atomic E-state index is 12.2. The molecule has 0 saturated heterocycles. The van der Waals surface area contributed by atoms with Crippen molar-refractivity contribution in [3.63, 3.8) is 0 Å². The molecule has 0 spiro atoms. The summed E-state index contributed by atoms with van der Waals surface area (Å²) in [4.78, 5) is 17.9. The van der Waals surface area contributed by atoms with E-state index in [1.54, 1.807) is 0 Å². The number of hydrogen-bond donors (Lipinski definition) is 0. The fraction of sp³-hybridized carbons (Fsp3) is 0.941. The summed E-state index contributed by atoms with van der Waals surface area (Å²) in [7, 11) is -2.06. The highest BCUT2D eigenvalue weighted by molar-refractivity contribution is 6.77. The molecule has 0 aliphatic heterocycles. The summed E-state index contributed by atoms with van der Waals surface area (Å²) in [6.07, 6.45) is 2.73. The number of carbonyl (C=O) groups is 1. The Balaban J connectivity index is 5.04. The van der Waals surface area contributed by atoms with Crippen molar-refractivity contribution in [2.45, 2.75) is 104 Å². The molecule has 21 heavy (non-hydrogen) atoms. The minimum Gasteiger partial charge on any atom is -0.297 e. The van der Waals surface area contributed by atoms with Crippen LogP contribution in [0.5, 0.6) is 0 Å². The molecule has 4 heteroatoms. The highest BCUT2D eigenvalue weighted by Gasteiger charge is 2.47. The van der Waals surface area contributed by atoms with Crippen LogP contribution in [0.1, 0.15) is 81.1 Å². The van der Waals surface area contributed by atoms with Crippen LogP contribution in [0.15, 0.2) is 0 Å². The van der Waals surface area contributed by atoms with Gasteiger partial charge in [-0.3, -0.25) is 9.37 Å². The summed E-state index contributed by atoms with van der Waals surface area (Å²) in [5.41, 5.74) is 1.38. The predicted octanol–water partition coefficient (Wildman–Crippen LogP) is 5.65. The van der Waals surface area contributed by atoms with Crippen LogP contribution in [0, 0.1) is 0 Å². The van der Waals surface area contributed by atoms with Gasteiger partial charge in [0.1, 0.15) is 6.10 Å². The first-order chi connectivity index (χ1) is 9.73. The van der Waals surface area contributed by atoms with E-state index in [0.717, 1.165) is 19.3 Å². The van der Waals surface area contributed by atoms with Gasteiger partial charge in [0.25, 0.3) is 0 Å². The Hall–Kier alpha value is -0.193. The SMILES string of the molecule is CCCC(=O)C(CCC)OO[Si](C(C)C)(C(C)C)C(C)C. The van der Waals surface area contributed by atoms with E-state index in [1.165, 1.54) is 0 Å². The Labute approximate surface area is 132 Å². The van der Waals surface area contributed by atoms with Crippen LogP contribution >= 0.6 is 0 Å². The molecule has 0 aliphatic rings. The predicted molar refractivity (Wildman–Crippen MR) is 91.8 cm³/mol. The van der Waals surface area contributed by atoms with E-state index in [2.05, 4.69) is 48.5 Å². The van der Waals surface area contributed by atoms with Gasteiger partial charge in [-0.1, -0.05) is 61.8 Å². The summed E-state index contributed by atoms with van der Waals surface area (Å²) >= 11 is 0. The minimum atomic E-state index is -2.06. The lowest BCUT2D eigenvalue weighted by Crippen LogP contribution is -2.49. The third-order valence-corrected chi connectivity index (χ3v) is 10.2. The van der Waals surface area contributed by atoms with Gasteiger partial charge in [0, 0.05) is 6.42 Å². The Bertz CT molecular complexity index is 279. The van der Waals surface area contributed by atoms with Crippen LogP contribution in [-0.2, 0) is 14.3 Å². The zero-order valence-corrected chi connectivity index (χ0v) is 16.4. The quantitative estimate of drug-likeness (QED) is 0.281. The second-order valence-electron chi connectivity index (χ2n) is 6.99. The summed E-state index contributed by atoms with van der Waals surface area (Å²) in [5.74, 6) is 0.179.